The number of anilines is 1. The summed E-state index contributed by atoms with van der Waals surface area (Å²) in [5, 5.41) is 4.47. The summed E-state index contributed by atoms with van der Waals surface area (Å²) in [7, 11) is 0. The van der Waals surface area contributed by atoms with E-state index in [2.05, 4.69) is 36.1 Å². The number of hydrogen-bond acceptors (Lipinski definition) is 4. The van der Waals surface area contributed by atoms with Crippen molar-refractivity contribution in [3.8, 4) is 0 Å². The van der Waals surface area contributed by atoms with Gasteiger partial charge in [-0.15, -0.1) is 11.8 Å². The van der Waals surface area contributed by atoms with Crippen molar-refractivity contribution in [3.63, 3.8) is 0 Å². The molecule has 1 heterocycles. The average molecular weight is 225 g/mol. The second-order valence-corrected chi connectivity index (χ2v) is 4.66. The molecule has 0 atom stereocenters. The van der Waals surface area contributed by atoms with Gasteiger partial charge in [0.25, 0.3) is 0 Å². The minimum absolute atomic E-state index is 0.129. The lowest BCUT2D eigenvalue weighted by molar-refractivity contribution is 0.476. The SMILES string of the molecule is CCC(C)(CC)Nc1cc(SC)ncn1. The van der Waals surface area contributed by atoms with Gasteiger partial charge in [0, 0.05) is 11.6 Å². The molecule has 1 rings (SSSR count). The fraction of sp³-hybridized carbons (Fsp3) is 0.636. The highest BCUT2D eigenvalue weighted by Crippen LogP contribution is 2.21. The Morgan fingerprint density at radius 2 is 2.00 bits per heavy atom. The first-order valence-corrected chi connectivity index (χ1v) is 6.50. The van der Waals surface area contributed by atoms with Gasteiger partial charge >= 0.3 is 0 Å². The van der Waals surface area contributed by atoms with Crippen LogP contribution in [0.3, 0.4) is 0 Å². The van der Waals surface area contributed by atoms with Crippen molar-refractivity contribution in [2.45, 2.75) is 44.2 Å². The van der Waals surface area contributed by atoms with Crippen LogP contribution in [0.2, 0.25) is 0 Å². The lowest BCUT2D eigenvalue weighted by atomic mass is 9.96. The van der Waals surface area contributed by atoms with Crippen molar-refractivity contribution in [2.75, 3.05) is 11.6 Å². The topological polar surface area (TPSA) is 37.8 Å². The largest absolute Gasteiger partial charge is 0.365 e. The smallest absolute Gasteiger partial charge is 0.130 e. The summed E-state index contributed by atoms with van der Waals surface area (Å²) in [6.07, 6.45) is 5.80. The second kappa shape index (κ2) is 5.35. The maximum atomic E-state index is 4.23. The van der Waals surface area contributed by atoms with Crippen molar-refractivity contribution < 1.29 is 0 Å². The van der Waals surface area contributed by atoms with Crippen LogP contribution in [-0.2, 0) is 0 Å². The third-order valence-electron chi connectivity index (χ3n) is 2.84. The summed E-state index contributed by atoms with van der Waals surface area (Å²) < 4.78 is 0. The Balaban J connectivity index is 2.79. The van der Waals surface area contributed by atoms with Crippen LogP contribution in [0.5, 0.6) is 0 Å². The standard InChI is InChI=1S/C11H19N3S/c1-5-11(3,6-2)14-9-7-10(15-4)13-8-12-9/h7-8H,5-6H2,1-4H3,(H,12,13,14). The number of hydrogen-bond donors (Lipinski definition) is 1. The zero-order valence-corrected chi connectivity index (χ0v) is 10.7. The van der Waals surface area contributed by atoms with Crippen LogP contribution in [0.25, 0.3) is 0 Å². The van der Waals surface area contributed by atoms with E-state index in [1.54, 1.807) is 18.1 Å². The van der Waals surface area contributed by atoms with Crippen molar-refractivity contribution >= 4 is 17.6 Å². The molecule has 3 nitrogen and oxygen atoms in total. The van der Waals surface area contributed by atoms with Gasteiger partial charge in [0.2, 0.25) is 0 Å². The number of aromatic nitrogens is 2. The van der Waals surface area contributed by atoms with E-state index in [0.717, 1.165) is 23.7 Å². The molecule has 0 saturated heterocycles. The fourth-order valence-electron chi connectivity index (χ4n) is 1.26. The lowest BCUT2D eigenvalue weighted by Crippen LogP contribution is -2.33. The van der Waals surface area contributed by atoms with Gasteiger partial charge in [-0.25, -0.2) is 9.97 Å². The monoisotopic (exact) mass is 225 g/mol. The maximum absolute atomic E-state index is 4.23. The highest BCUT2D eigenvalue weighted by molar-refractivity contribution is 7.98. The normalized spacial score (nSPS) is 11.5. The van der Waals surface area contributed by atoms with Crippen LogP contribution >= 0.6 is 11.8 Å². The Morgan fingerprint density at radius 1 is 1.33 bits per heavy atom. The predicted octanol–water partition coefficient (Wildman–Crippen LogP) is 3.19. The van der Waals surface area contributed by atoms with Crippen LogP contribution < -0.4 is 5.32 Å². The van der Waals surface area contributed by atoms with Gasteiger partial charge in [-0.1, -0.05) is 13.8 Å². The van der Waals surface area contributed by atoms with E-state index in [9.17, 15) is 0 Å². The van der Waals surface area contributed by atoms with E-state index < -0.39 is 0 Å². The van der Waals surface area contributed by atoms with Gasteiger partial charge in [-0.2, -0.15) is 0 Å². The quantitative estimate of drug-likeness (QED) is 0.617. The lowest BCUT2D eigenvalue weighted by Gasteiger charge is -2.28. The molecule has 84 valence electrons. The van der Waals surface area contributed by atoms with E-state index in [1.807, 2.05) is 12.3 Å². The molecule has 0 fully saturated rings. The molecule has 1 N–H and O–H groups in total. The molecule has 0 aliphatic heterocycles. The van der Waals surface area contributed by atoms with Gasteiger partial charge in [-0.3, -0.25) is 0 Å². The first-order chi connectivity index (χ1) is 7.13. The van der Waals surface area contributed by atoms with Crippen molar-refractivity contribution in [1.82, 2.24) is 9.97 Å². The van der Waals surface area contributed by atoms with E-state index in [-0.39, 0.29) is 5.54 Å². The molecule has 0 saturated carbocycles. The molecule has 0 aromatic carbocycles. The van der Waals surface area contributed by atoms with E-state index >= 15 is 0 Å². The molecular weight excluding hydrogens is 206 g/mol. The van der Waals surface area contributed by atoms with E-state index in [4.69, 9.17) is 0 Å². The third kappa shape index (κ3) is 3.38. The zero-order chi connectivity index (χ0) is 11.3. The Kier molecular flexibility index (Phi) is 4.39. The van der Waals surface area contributed by atoms with E-state index in [0.29, 0.717) is 0 Å². The van der Waals surface area contributed by atoms with Crippen molar-refractivity contribution in [2.24, 2.45) is 0 Å². The second-order valence-electron chi connectivity index (χ2n) is 3.84. The summed E-state index contributed by atoms with van der Waals surface area (Å²) in [6, 6.07) is 1.99. The Bertz CT molecular complexity index is 310. The van der Waals surface area contributed by atoms with Crippen LogP contribution in [0, 0.1) is 0 Å². The van der Waals surface area contributed by atoms with Crippen LogP contribution in [0.1, 0.15) is 33.6 Å². The van der Waals surface area contributed by atoms with Crippen LogP contribution in [0.4, 0.5) is 5.82 Å². The van der Waals surface area contributed by atoms with Crippen molar-refractivity contribution in [3.05, 3.63) is 12.4 Å². The molecule has 0 spiro atoms. The molecule has 0 aliphatic rings. The van der Waals surface area contributed by atoms with Crippen molar-refractivity contribution in [1.29, 1.82) is 0 Å². The number of nitrogens with one attached hydrogen (secondary N) is 1. The summed E-state index contributed by atoms with van der Waals surface area (Å²) in [5.74, 6) is 0.917. The fourth-order valence-corrected chi connectivity index (χ4v) is 1.64. The zero-order valence-electron chi connectivity index (χ0n) is 9.87. The van der Waals surface area contributed by atoms with Gasteiger partial charge < -0.3 is 5.32 Å². The Hall–Kier alpha value is -0.770. The summed E-state index contributed by atoms with van der Waals surface area (Å²) in [4.78, 5) is 8.38. The van der Waals surface area contributed by atoms with Gasteiger partial charge in [0.05, 0.1) is 0 Å². The molecule has 0 unspecified atom stereocenters. The Morgan fingerprint density at radius 3 is 2.53 bits per heavy atom. The minimum Gasteiger partial charge on any atom is -0.365 e. The number of nitrogens with zero attached hydrogens (tertiary/aromatic N) is 2. The predicted molar refractivity (Wildman–Crippen MR) is 66.4 cm³/mol. The summed E-state index contributed by atoms with van der Waals surface area (Å²) in [6.45, 7) is 6.59. The first-order valence-electron chi connectivity index (χ1n) is 5.27. The van der Waals surface area contributed by atoms with Crippen LogP contribution in [0.15, 0.2) is 17.4 Å². The molecule has 1 aromatic rings. The third-order valence-corrected chi connectivity index (χ3v) is 3.48. The van der Waals surface area contributed by atoms with E-state index in [1.165, 1.54) is 0 Å². The molecule has 0 bridgehead atoms. The number of thioether (sulfide) groups is 1. The minimum atomic E-state index is 0.129. The average Bonchev–Trinajstić information content (AvgIpc) is 2.29. The summed E-state index contributed by atoms with van der Waals surface area (Å²) >= 11 is 1.63. The maximum Gasteiger partial charge on any atom is 0.130 e. The molecule has 0 amide bonds. The molecule has 0 radical (unpaired) electrons. The molecule has 0 aliphatic carbocycles. The number of rotatable bonds is 5. The molecule has 4 heteroatoms. The Labute approximate surface area is 96.1 Å². The molecular formula is C11H19N3S. The highest BCUT2D eigenvalue weighted by Gasteiger charge is 2.19. The molecule has 1 aromatic heterocycles. The van der Waals surface area contributed by atoms with Gasteiger partial charge in [0.15, 0.2) is 0 Å². The highest BCUT2D eigenvalue weighted by atomic mass is 32.2. The van der Waals surface area contributed by atoms with Gasteiger partial charge in [0.1, 0.15) is 17.2 Å². The van der Waals surface area contributed by atoms with Gasteiger partial charge in [-0.05, 0) is 26.0 Å². The van der Waals surface area contributed by atoms with Crippen LogP contribution in [-0.4, -0.2) is 21.8 Å². The first kappa shape index (κ1) is 12.3. The summed E-state index contributed by atoms with van der Waals surface area (Å²) in [5.41, 5.74) is 0.129. The molecule has 15 heavy (non-hydrogen) atoms.